The number of allylic oxidation sites excluding steroid dienone is 1. The summed E-state index contributed by atoms with van der Waals surface area (Å²) >= 11 is 0. The van der Waals surface area contributed by atoms with Gasteiger partial charge >= 0.3 is 0 Å². The number of fused-ring (bicyclic) bond motifs is 13. The van der Waals surface area contributed by atoms with Crippen LogP contribution in [0.15, 0.2) is 193 Å². The molecule has 0 unspecified atom stereocenters. The zero-order chi connectivity index (χ0) is 39.8. The van der Waals surface area contributed by atoms with Crippen molar-refractivity contribution in [2.24, 2.45) is 5.10 Å². The van der Waals surface area contributed by atoms with E-state index < -0.39 is 5.41 Å². The van der Waals surface area contributed by atoms with Crippen LogP contribution in [0.2, 0.25) is 0 Å². The fraction of sp³-hybridized carbons (Fsp3) is 0.0185. The van der Waals surface area contributed by atoms with Gasteiger partial charge in [0.1, 0.15) is 5.71 Å². The van der Waals surface area contributed by atoms with Crippen molar-refractivity contribution in [2.45, 2.75) is 5.41 Å². The molecule has 6 heteroatoms. The Balaban J connectivity index is 1.00. The van der Waals surface area contributed by atoms with Gasteiger partial charge in [0.2, 0.25) is 0 Å². The zero-order valence-electron chi connectivity index (χ0n) is 32.3. The van der Waals surface area contributed by atoms with Crippen molar-refractivity contribution in [2.75, 3.05) is 5.43 Å². The van der Waals surface area contributed by atoms with Gasteiger partial charge in [-0.2, -0.15) is 5.10 Å². The normalized spacial score (nSPS) is 14.5. The molecular weight excluding hydrogens is 733 g/mol. The van der Waals surface area contributed by atoms with Crippen molar-refractivity contribution >= 4 is 34.0 Å². The van der Waals surface area contributed by atoms with E-state index in [4.69, 9.17) is 15.0 Å². The van der Waals surface area contributed by atoms with E-state index in [-0.39, 0.29) is 0 Å². The van der Waals surface area contributed by atoms with Gasteiger partial charge < -0.3 is 0 Å². The van der Waals surface area contributed by atoms with Gasteiger partial charge in [-0.15, -0.1) is 0 Å². The first-order valence-corrected chi connectivity index (χ1v) is 20.1. The summed E-state index contributed by atoms with van der Waals surface area (Å²) in [5.41, 5.74) is 19.1. The summed E-state index contributed by atoms with van der Waals surface area (Å²) < 4.78 is 0. The molecule has 0 saturated carbocycles. The maximum absolute atomic E-state index is 9.22. The lowest BCUT2D eigenvalue weighted by Crippen LogP contribution is -2.25. The summed E-state index contributed by atoms with van der Waals surface area (Å²) in [4.78, 5) is 15.5. The summed E-state index contributed by atoms with van der Waals surface area (Å²) in [6.07, 6.45) is 3.92. The van der Waals surface area contributed by atoms with Crippen LogP contribution < -0.4 is 5.43 Å². The van der Waals surface area contributed by atoms with E-state index in [1.165, 1.54) is 44.5 Å². The number of anilines is 1. The standard InChI is InChI=1S/C54H34N6/c55-50-48(60-59-38-15-5-2-6-16-38)30-27-33-23-24-35-31-36(25-28-39(35)49(33)50)52-56-51(34-13-3-1-4-14-34)57-53(58-52)37-26-29-43-42-19-9-12-22-46(42)54(47(43)32-37)44-20-10-7-17-40(44)41-18-8-11-21-45(41)54/h1-32,55,59H/b55-50?,60-48-. The van der Waals surface area contributed by atoms with E-state index in [9.17, 15) is 5.41 Å². The predicted octanol–water partition coefficient (Wildman–Crippen LogP) is 12.2. The largest absolute Gasteiger partial charge is 0.298 e. The minimum atomic E-state index is -0.476. The number of aromatic nitrogens is 3. The number of nitrogens with one attached hydrogen (secondary N) is 2. The number of hydrogen-bond acceptors (Lipinski definition) is 6. The molecule has 0 saturated heterocycles. The second-order valence-electron chi connectivity index (χ2n) is 15.5. The van der Waals surface area contributed by atoms with Gasteiger partial charge in [-0.05, 0) is 91.2 Å². The average Bonchev–Trinajstić information content (AvgIpc) is 3.78. The number of nitrogens with zero attached hydrogens (tertiary/aromatic N) is 4. The fourth-order valence-corrected chi connectivity index (χ4v) is 9.60. The molecule has 9 aromatic rings. The highest BCUT2D eigenvalue weighted by atomic mass is 15.3. The van der Waals surface area contributed by atoms with Crippen molar-refractivity contribution in [3.63, 3.8) is 0 Å². The molecule has 0 bridgehead atoms. The predicted molar refractivity (Wildman–Crippen MR) is 243 cm³/mol. The van der Waals surface area contributed by atoms with Crippen molar-refractivity contribution in [3.8, 4) is 56.4 Å². The number of hydrazone groups is 1. The Morgan fingerprint density at radius 3 is 1.63 bits per heavy atom. The number of para-hydroxylation sites is 1. The van der Waals surface area contributed by atoms with Crippen LogP contribution in [0.25, 0.3) is 73.3 Å². The highest BCUT2D eigenvalue weighted by molar-refractivity contribution is 6.55. The van der Waals surface area contributed by atoms with E-state index in [1.807, 2.05) is 72.8 Å². The van der Waals surface area contributed by atoms with Crippen LogP contribution in [-0.2, 0) is 5.41 Å². The lowest BCUT2D eigenvalue weighted by Gasteiger charge is -2.30. The third-order valence-corrected chi connectivity index (χ3v) is 12.2. The van der Waals surface area contributed by atoms with E-state index in [0.29, 0.717) is 28.9 Å². The summed E-state index contributed by atoms with van der Waals surface area (Å²) in [5, 5.41) is 15.8. The number of benzene rings is 8. The summed E-state index contributed by atoms with van der Waals surface area (Å²) in [5.74, 6) is 1.80. The molecule has 1 aromatic heterocycles. The third kappa shape index (κ3) is 5.04. The van der Waals surface area contributed by atoms with E-state index in [2.05, 4.69) is 132 Å². The topological polar surface area (TPSA) is 86.9 Å². The Bertz CT molecular complexity index is 3250. The Labute approximate surface area is 346 Å². The molecule has 2 N–H and O–H groups in total. The second kappa shape index (κ2) is 13.2. The first-order chi connectivity index (χ1) is 29.6. The van der Waals surface area contributed by atoms with Crippen LogP contribution in [0.3, 0.4) is 0 Å². The van der Waals surface area contributed by atoms with Crippen molar-refractivity contribution < 1.29 is 0 Å². The van der Waals surface area contributed by atoms with Crippen LogP contribution in [-0.4, -0.2) is 26.4 Å². The molecule has 8 aromatic carbocycles. The van der Waals surface area contributed by atoms with E-state index in [0.717, 1.165) is 44.3 Å². The summed E-state index contributed by atoms with van der Waals surface area (Å²) in [7, 11) is 0. The third-order valence-electron chi connectivity index (χ3n) is 12.2. The molecular formula is C54H34N6. The van der Waals surface area contributed by atoms with Crippen LogP contribution >= 0.6 is 0 Å². The Morgan fingerprint density at radius 2 is 0.983 bits per heavy atom. The Morgan fingerprint density at radius 1 is 0.450 bits per heavy atom. The molecule has 0 atom stereocenters. The van der Waals surface area contributed by atoms with Crippen molar-refractivity contribution in [1.29, 1.82) is 5.41 Å². The van der Waals surface area contributed by atoms with Crippen LogP contribution in [0.4, 0.5) is 5.69 Å². The number of hydrogen-bond donors (Lipinski definition) is 2. The highest BCUT2D eigenvalue weighted by Gasteiger charge is 2.51. The van der Waals surface area contributed by atoms with Crippen LogP contribution in [0, 0.1) is 5.41 Å². The molecule has 0 amide bonds. The molecule has 0 aliphatic heterocycles. The van der Waals surface area contributed by atoms with Crippen molar-refractivity contribution in [1.82, 2.24) is 15.0 Å². The van der Waals surface area contributed by atoms with E-state index >= 15 is 0 Å². The molecule has 1 spiro atoms. The molecule has 280 valence electrons. The maximum atomic E-state index is 9.22. The first kappa shape index (κ1) is 34.0. The van der Waals surface area contributed by atoms with Gasteiger partial charge in [0.05, 0.1) is 16.8 Å². The summed E-state index contributed by atoms with van der Waals surface area (Å²) in [6, 6.07) is 63.6. The minimum Gasteiger partial charge on any atom is -0.298 e. The van der Waals surface area contributed by atoms with Gasteiger partial charge in [-0.25, -0.2) is 15.0 Å². The molecule has 3 aliphatic rings. The first-order valence-electron chi connectivity index (χ1n) is 20.1. The lowest BCUT2D eigenvalue weighted by atomic mass is 9.70. The molecule has 1 heterocycles. The highest BCUT2D eigenvalue weighted by Crippen LogP contribution is 2.63. The van der Waals surface area contributed by atoms with Crippen LogP contribution in [0.5, 0.6) is 0 Å². The van der Waals surface area contributed by atoms with E-state index in [1.54, 1.807) is 0 Å². The van der Waals surface area contributed by atoms with Crippen LogP contribution in [0.1, 0.15) is 33.4 Å². The van der Waals surface area contributed by atoms with Gasteiger partial charge in [0.25, 0.3) is 0 Å². The molecule has 0 radical (unpaired) electrons. The second-order valence-corrected chi connectivity index (χ2v) is 15.5. The Hall–Kier alpha value is -8.09. The lowest BCUT2D eigenvalue weighted by molar-refractivity contribution is 0.794. The number of rotatable bonds is 5. The molecule has 12 rings (SSSR count). The van der Waals surface area contributed by atoms with Gasteiger partial charge in [0.15, 0.2) is 17.5 Å². The van der Waals surface area contributed by atoms with Crippen molar-refractivity contribution in [3.05, 3.63) is 221 Å². The minimum absolute atomic E-state index is 0.368. The van der Waals surface area contributed by atoms with Gasteiger partial charge in [-0.3, -0.25) is 10.8 Å². The summed E-state index contributed by atoms with van der Waals surface area (Å²) in [6.45, 7) is 0. The Kier molecular flexibility index (Phi) is 7.50. The van der Waals surface area contributed by atoms with Gasteiger partial charge in [0, 0.05) is 22.3 Å². The smallest absolute Gasteiger partial charge is 0.164 e. The molecule has 3 aliphatic carbocycles. The SMILES string of the molecule is N=C1/C(=N\Nc2ccccc2)C=Cc2ccc3cc(-c4nc(-c5ccccc5)nc(-c5ccc6c(c5)C5(c7ccccc7-c7ccccc75)c5ccccc5-6)n4)ccc3c21. The average molecular weight is 767 g/mol. The quantitative estimate of drug-likeness (QED) is 0.171. The monoisotopic (exact) mass is 766 g/mol. The molecule has 0 fully saturated rings. The maximum Gasteiger partial charge on any atom is 0.164 e. The molecule has 60 heavy (non-hydrogen) atoms. The zero-order valence-corrected chi connectivity index (χ0v) is 32.3. The van der Waals surface area contributed by atoms with Gasteiger partial charge in [-0.1, -0.05) is 164 Å². The molecule has 6 nitrogen and oxygen atoms in total. The fourth-order valence-electron chi connectivity index (χ4n) is 9.60.